The molecule has 1 atom stereocenters. The summed E-state index contributed by atoms with van der Waals surface area (Å²) in [7, 11) is 3.90. The molecule has 1 aromatic rings. The predicted octanol–water partition coefficient (Wildman–Crippen LogP) is 2.38. The minimum atomic E-state index is -0.813. The molecule has 0 aliphatic carbocycles. The molecule has 1 unspecified atom stereocenters. The van der Waals surface area contributed by atoms with Crippen LogP contribution in [0.1, 0.15) is 19.8 Å². The van der Waals surface area contributed by atoms with E-state index in [1.54, 1.807) is 0 Å². The molecule has 2 amide bonds. The third-order valence-electron chi connectivity index (χ3n) is 3.10. The fraction of sp³-hybridized carbons (Fsp3) is 0.467. The number of carbonyl (C=O) groups excluding carboxylic acids is 1. The van der Waals surface area contributed by atoms with Crippen LogP contribution in [0.25, 0.3) is 0 Å². The van der Waals surface area contributed by atoms with E-state index in [0.717, 1.165) is 11.4 Å². The lowest BCUT2D eigenvalue weighted by molar-refractivity contribution is -0.137. The SMILES string of the molecule is CC(CCC(=O)O)CNC(=O)Nc1ccc(N(C)C)cc1. The normalized spacial score (nSPS) is 11.6. The van der Waals surface area contributed by atoms with Crippen molar-refractivity contribution in [2.45, 2.75) is 19.8 Å². The summed E-state index contributed by atoms with van der Waals surface area (Å²) in [6.45, 7) is 2.37. The van der Waals surface area contributed by atoms with Crippen molar-refractivity contribution in [3.05, 3.63) is 24.3 Å². The number of rotatable bonds is 7. The molecule has 0 saturated carbocycles. The second-order valence-electron chi connectivity index (χ2n) is 5.31. The van der Waals surface area contributed by atoms with Crippen molar-refractivity contribution in [1.82, 2.24) is 5.32 Å². The van der Waals surface area contributed by atoms with Gasteiger partial charge in [0.1, 0.15) is 0 Å². The van der Waals surface area contributed by atoms with Gasteiger partial charge >= 0.3 is 12.0 Å². The number of hydrogen-bond acceptors (Lipinski definition) is 3. The molecule has 0 radical (unpaired) electrons. The first-order chi connectivity index (χ1) is 9.88. The maximum absolute atomic E-state index is 11.7. The quantitative estimate of drug-likeness (QED) is 0.721. The largest absolute Gasteiger partial charge is 0.481 e. The predicted molar refractivity (Wildman–Crippen MR) is 83.8 cm³/mol. The monoisotopic (exact) mass is 293 g/mol. The van der Waals surface area contributed by atoms with Gasteiger partial charge in [-0.25, -0.2) is 4.79 Å². The van der Waals surface area contributed by atoms with Gasteiger partial charge in [0, 0.05) is 38.4 Å². The molecule has 0 heterocycles. The molecule has 0 aliphatic rings. The molecule has 6 heteroatoms. The van der Waals surface area contributed by atoms with Crippen LogP contribution in [0, 0.1) is 5.92 Å². The zero-order valence-electron chi connectivity index (χ0n) is 12.7. The van der Waals surface area contributed by atoms with Gasteiger partial charge in [-0.2, -0.15) is 0 Å². The average Bonchev–Trinajstić information content (AvgIpc) is 2.43. The highest BCUT2D eigenvalue weighted by atomic mass is 16.4. The number of carboxylic acid groups (broad SMARTS) is 1. The van der Waals surface area contributed by atoms with Crippen molar-refractivity contribution in [1.29, 1.82) is 0 Å². The van der Waals surface area contributed by atoms with Gasteiger partial charge < -0.3 is 20.6 Å². The summed E-state index contributed by atoms with van der Waals surface area (Å²) < 4.78 is 0. The van der Waals surface area contributed by atoms with Crippen LogP contribution in [0.15, 0.2) is 24.3 Å². The van der Waals surface area contributed by atoms with Gasteiger partial charge in [-0.3, -0.25) is 4.79 Å². The van der Waals surface area contributed by atoms with E-state index in [2.05, 4.69) is 10.6 Å². The molecule has 6 nitrogen and oxygen atoms in total. The molecule has 0 bridgehead atoms. The van der Waals surface area contributed by atoms with E-state index in [1.807, 2.05) is 50.2 Å². The Labute approximate surface area is 125 Å². The summed E-state index contributed by atoms with van der Waals surface area (Å²) in [5.74, 6) is -0.685. The smallest absolute Gasteiger partial charge is 0.319 e. The zero-order valence-corrected chi connectivity index (χ0v) is 12.7. The maximum Gasteiger partial charge on any atom is 0.319 e. The number of hydrogen-bond donors (Lipinski definition) is 3. The molecule has 3 N–H and O–H groups in total. The first kappa shape index (κ1) is 16.8. The van der Waals surface area contributed by atoms with Crippen LogP contribution in [0.3, 0.4) is 0 Å². The van der Waals surface area contributed by atoms with Crippen LogP contribution in [0.2, 0.25) is 0 Å². The van der Waals surface area contributed by atoms with Crippen LogP contribution in [0.4, 0.5) is 16.2 Å². The van der Waals surface area contributed by atoms with Crippen LogP contribution < -0.4 is 15.5 Å². The maximum atomic E-state index is 11.7. The number of nitrogens with one attached hydrogen (secondary N) is 2. The van der Waals surface area contributed by atoms with E-state index in [-0.39, 0.29) is 18.4 Å². The van der Waals surface area contributed by atoms with Gasteiger partial charge in [0.15, 0.2) is 0 Å². The number of aliphatic carboxylic acids is 1. The summed E-state index contributed by atoms with van der Waals surface area (Å²) >= 11 is 0. The number of nitrogens with zero attached hydrogens (tertiary/aromatic N) is 1. The van der Waals surface area contributed by atoms with Gasteiger partial charge in [0.2, 0.25) is 0 Å². The van der Waals surface area contributed by atoms with Crippen LogP contribution in [0.5, 0.6) is 0 Å². The van der Waals surface area contributed by atoms with Crippen molar-refractivity contribution in [3.8, 4) is 0 Å². The second-order valence-corrected chi connectivity index (χ2v) is 5.31. The van der Waals surface area contributed by atoms with Crippen molar-refractivity contribution >= 4 is 23.4 Å². The molecule has 0 aromatic heterocycles. The molecular weight excluding hydrogens is 270 g/mol. The van der Waals surface area contributed by atoms with E-state index in [1.165, 1.54) is 0 Å². The van der Waals surface area contributed by atoms with Gasteiger partial charge in [0.25, 0.3) is 0 Å². The minimum absolute atomic E-state index is 0.121. The third kappa shape index (κ3) is 6.65. The molecule has 0 fully saturated rings. The molecule has 21 heavy (non-hydrogen) atoms. The first-order valence-electron chi connectivity index (χ1n) is 6.92. The standard InChI is InChI=1S/C15H23N3O3/c1-11(4-9-14(19)20)10-16-15(21)17-12-5-7-13(8-6-12)18(2)3/h5-8,11H,4,9-10H2,1-3H3,(H,19,20)(H2,16,17,21). The highest BCUT2D eigenvalue weighted by Crippen LogP contribution is 2.15. The molecule has 1 aromatic carbocycles. The van der Waals surface area contributed by atoms with E-state index in [9.17, 15) is 9.59 Å². The van der Waals surface area contributed by atoms with E-state index in [4.69, 9.17) is 5.11 Å². The summed E-state index contributed by atoms with van der Waals surface area (Å²) in [4.78, 5) is 24.2. The summed E-state index contributed by atoms with van der Waals surface area (Å²) in [6.07, 6.45) is 0.670. The lowest BCUT2D eigenvalue weighted by atomic mass is 10.1. The molecule has 0 saturated heterocycles. The first-order valence-corrected chi connectivity index (χ1v) is 6.92. The van der Waals surface area contributed by atoms with Crippen LogP contribution in [-0.4, -0.2) is 37.7 Å². The van der Waals surface area contributed by atoms with Crippen molar-refractivity contribution in [2.24, 2.45) is 5.92 Å². The van der Waals surface area contributed by atoms with E-state index in [0.29, 0.717) is 13.0 Å². The van der Waals surface area contributed by atoms with Crippen LogP contribution in [-0.2, 0) is 4.79 Å². The van der Waals surface area contributed by atoms with Crippen molar-refractivity contribution in [3.63, 3.8) is 0 Å². The number of amides is 2. The summed E-state index contributed by atoms with van der Waals surface area (Å²) in [5.41, 5.74) is 1.78. The number of carboxylic acids is 1. The lowest BCUT2D eigenvalue weighted by Crippen LogP contribution is -2.32. The van der Waals surface area contributed by atoms with Gasteiger partial charge in [-0.15, -0.1) is 0 Å². The van der Waals surface area contributed by atoms with E-state index >= 15 is 0 Å². The number of urea groups is 1. The topological polar surface area (TPSA) is 81.7 Å². The Morgan fingerprint density at radius 2 is 1.86 bits per heavy atom. The fourth-order valence-corrected chi connectivity index (χ4v) is 1.76. The fourth-order valence-electron chi connectivity index (χ4n) is 1.76. The summed E-state index contributed by atoms with van der Waals surface area (Å²) in [6, 6.07) is 7.23. The molecule has 1 rings (SSSR count). The number of carbonyl (C=O) groups is 2. The van der Waals surface area contributed by atoms with Gasteiger partial charge in [0.05, 0.1) is 0 Å². The van der Waals surface area contributed by atoms with Crippen molar-refractivity contribution < 1.29 is 14.7 Å². The average molecular weight is 293 g/mol. The lowest BCUT2D eigenvalue weighted by Gasteiger charge is -2.14. The molecule has 116 valence electrons. The Balaban J connectivity index is 2.34. The third-order valence-corrected chi connectivity index (χ3v) is 3.10. The Morgan fingerprint density at radius 1 is 1.24 bits per heavy atom. The Hall–Kier alpha value is -2.24. The Morgan fingerprint density at radius 3 is 2.38 bits per heavy atom. The van der Waals surface area contributed by atoms with Crippen LogP contribution >= 0.6 is 0 Å². The molecular formula is C15H23N3O3. The molecule has 0 spiro atoms. The number of benzene rings is 1. The molecule has 0 aliphatic heterocycles. The van der Waals surface area contributed by atoms with E-state index < -0.39 is 5.97 Å². The highest BCUT2D eigenvalue weighted by molar-refractivity contribution is 5.89. The number of anilines is 2. The second kappa shape index (κ2) is 8.14. The minimum Gasteiger partial charge on any atom is -0.481 e. The summed E-state index contributed by atoms with van der Waals surface area (Å²) in [5, 5.41) is 14.1. The van der Waals surface area contributed by atoms with Crippen molar-refractivity contribution in [2.75, 3.05) is 30.9 Å². The zero-order chi connectivity index (χ0) is 15.8. The Bertz CT molecular complexity index is 472. The van der Waals surface area contributed by atoms with Gasteiger partial charge in [-0.05, 0) is 36.6 Å². The van der Waals surface area contributed by atoms with Gasteiger partial charge in [-0.1, -0.05) is 6.92 Å². The Kier molecular flexibility index (Phi) is 6.52. The highest BCUT2D eigenvalue weighted by Gasteiger charge is 2.08.